The third-order valence-electron chi connectivity index (χ3n) is 13.4. The second kappa shape index (κ2) is 52.6. The van der Waals surface area contributed by atoms with Crippen LogP contribution in [0.4, 0.5) is 0 Å². The minimum atomic E-state index is -1.91. The topological polar surface area (TPSA) is 175 Å². The van der Waals surface area contributed by atoms with E-state index in [1.807, 2.05) is 0 Å². The van der Waals surface area contributed by atoms with Gasteiger partial charge in [0.05, 0.1) is 6.61 Å². The summed E-state index contributed by atoms with van der Waals surface area (Å²) in [4.78, 5) is 51.2. The Morgan fingerprint density at radius 1 is 0.442 bits per heavy atom. The maximum Gasteiger partial charge on any atom is 0.335 e. The molecular weight excluding hydrogens is 973 g/mol. The Balaban J connectivity index is 2.69. The lowest BCUT2D eigenvalue weighted by molar-refractivity contribution is -0.301. The van der Waals surface area contributed by atoms with Gasteiger partial charge in [0.25, 0.3) is 0 Å². The van der Waals surface area contributed by atoms with Crippen molar-refractivity contribution in [2.75, 3.05) is 13.2 Å². The average molecular weight is 1080 g/mol. The fourth-order valence-corrected chi connectivity index (χ4v) is 8.74. The van der Waals surface area contributed by atoms with Crippen molar-refractivity contribution in [3.8, 4) is 0 Å². The largest absolute Gasteiger partial charge is 0.479 e. The molecule has 77 heavy (non-hydrogen) atoms. The second-order valence-corrected chi connectivity index (χ2v) is 20.6. The molecule has 0 amide bonds. The number of rotatable bonds is 51. The molecule has 0 bridgehead atoms. The molecule has 0 aliphatic carbocycles. The Hall–Kier alpha value is -4.10. The van der Waals surface area contributed by atoms with E-state index in [9.17, 15) is 34.5 Å². The molecule has 1 heterocycles. The van der Waals surface area contributed by atoms with Crippen molar-refractivity contribution in [1.82, 2.24) is 0 Å². The molecular formula is C65H108O12. The average Bonchev–Trinajstić information content (AvgIpc) is 3.42. The first-order chi connectivity index (χ1) is 37.6. The van der Waals surface area contributed by atoms with Gasteiger partial charge in [-0.3, -0.25) is 14.4 Å². The SMILES string of the molecule is CC/C=C\C/C=C\C/C=C\CCCCCCCC(=O)OCC(COC1OC(C(=O)O)C(O)C(O)C1OC(=O)CCCCCCCC/C=C\C/C=C\C/C=C\CCCCC)OC(=O)CCCCCCC/C=C\CCCCCC. The number of hydrogen-bond donors (Lipinski definition) is 3. The van der Waals surface area contributed by atoms with E-state index >= 15 is 0 Å². The van der Waals surface area contributed by atoms with Gasteiger partial charge in [-0.15, -0.1) is 0 Å². The minimum Gasteiger partial charge on any atom is -0.479 e. The summed E-state index contributed by atoms with van der Waals surface area (Å²) in [5.74, 6) is -3.17. The van der Waals surface area contributed by atoms with Gasteiger partial charge in [0.15, 0.2) is 24.6 Å². The Labute approximate surface area is 467 Å². The minimum absolute atomic E-state index is 0.0406. The van der Waals surface area contributed by atoms with Gasteiger partial charge in [0.1, 0.15) is 18.8 Å². The summed E-state index contributed by atoms with van der Waals surface area (Å²) in [7, 11) is 0. The lowest BCUT2D eigenvalue weighted by atomic mass is 9.98. The van der Waals surface area contributed by atoms with Crippen molar-refractivity contribution in [1.29, 1.82) is 0 Å². The molecule has 1 aliphatic heterocycles. The summed E-state index contributed by atoms with van der Waals surface area (Å²) in [6.45, 7) is 5.82. The second-order valence-electron chi connectivity index (χ2n) is 20.6. The van der Waals surface area contributed by atoms with E-state index in [1.54, 1.807) is 0 Å². The standard InChI is InChI=1S/C65H108O12/c1-4-7-10-13-16-19-22-25-27-28-29-30-32-35-38-41-44-47-50-53-59(68)76-63-61(70)60(69)62(64(71)72)77-65(63)74-55-56(75-58(67)52-49-46-43-40-37-33-24-21-18-15-12-9-6-3)54-73-57(66)51-48-45-42-39-36-34-31-26-23-20-17-14-11-8-5-2/h8,11,16-17,19-21,24-27,29-31,56,60-63,65,69-70H,4-7,9-10,12-15,18,22-23,28,32-55H2,1-3H3,(H,71,72)/b11-8-,19-16-,20-17-,24-21-,27-25-,30-29-,31-26-. The first-order valence-corrected chi connectivity index (χ1v) is 30.6. The third-order valence-corrected chi connectivity index (χ3v) is 13.4. The Morgan fingerprint density at radius 2 is 0.818 bits per heavy atom. The summed E-state index contributed by atoms with van der Waals surface area (Å²) in [5.41, 5.74) is 0. The van der Waals surface area contributed by atoms with Crippen molar-refractivity contribution >= 4 is 23.9 Å². The van der Waals surface area contributed by atoms with E-state index in [-0.39, 0.29) is 25.9 Å². The van der Waals surface area contributed by atoms with Gasteiger partial charge in [-0.05, 0) is 116 Å². The van der Waals surface area contributed by atoms with Crippen molar-refractivity contribution < 1.29 is 58.2 Å². The zero-order valence-electron chi connectivity index (χ0n) is 48.4. The monoisotopic (exact) mass is 1080 g/mol. The van der Waals surface area contributed by atoms with Crippen LogP contribution in [0.2, 0.25) is 0 Å². The highest BCUT2D eigenvalue weighted by Gasteiger charge is 2.50. The summed E-state index contributed by atoms with van der Waals surface area (Å²) in [5, 5.41) is 31.5. The van der Waals surface area contributed by atoms with Gasteiger partial charge in [0.2, 0.25) is 0 Å². The van der Waals surface area contributed by atoms with Crippen LogP contribution in [0.3, 0.4) is 0 Å². The number of ether oxygens (including phenoxy) is 5. The van der Waals surface area contributed by atoms with Gasteiger partial charge >= 0.3 is 23.9 Å². The molecule has 0 saturated carbocycles. The molecule has 1 aliphatic rings. The summed E-state index contributed by atoms with van der Waals surface area (Å²) >= 11 is 0. The van der Waals surface area contributed by atoms with E-state index in [1.165, 1.54) is 51.4 Å². The molecule has 0 spiro atoms. The molecule has 1 fully saturated rings. The van der Waals surface area contributed by atoms with Gasteiger partial charge in [-0.2, -0.15) is 0 Å². The lowest BCUT2D eigenvalue weighted by Crippen LogP contribution is -2.61. The highest BCUT2D eigenvalue weighted by Crippen LogP contribution is 2.26. The number of aliphatic carboxylic acids is 1. The van der Waals surface area contributed by atoms with Gasteiger partial charge in [-0.1, -0.05) is 202 Å². The molecule has 0 aromatic rings. The van der Waals surface area contributed by atoms with E-state index < -0.39 is 67.3 Å². The predicted molar refractivity (Wildman–Crippen MR) is 312 cm³/mol. The molecule has 1 rings (SSSR count). The molecule has 0 radical (unpaired) electrons. The number of unbranched alkanes of at least 4 members (excludes halogenated alkanes) is 23. The number of carbonyl (C=O) groups excluding carboxylic acids is 3. The van der Waals surface area contributed by atoms with E-state index in [0.29, 0.717) is 19.3 Å². The zero-order valence-corrected chi connectivity index (χ0v) is 48.4. The predicted octanol–water partition coefficient (Wildman–Crippen LogP) is 15.9. The number of allylic oxidation sites excluding steroid dienone is 14. The zero-order chi connectivity index (χ0) is 56.1. The molecule has 0 aromatic heterocycles. The first-order valence-electron chi connectivity index (χ1n) is 30.6. The van der Waals surface area contributed by atoms with Gasteiger partial charge in [-0.25, -0.2) is 4.79 Å². The molecule has 3 N–H and O–H groups in total. The Kier molecular flexibility index (Phi) is 48.4. The molecule has 0 aromatic carbocycles. The van der Waals surface area contributed by atoms with Gasteiger partial charge < -0.3 is 39.0 Å². The smallest absolute Gasteiger partial charge is 0.335 e. The highest BCUT2D eigenvalue weighted by atomic mass is 16.7. The number of carboxylic acids is 1. The van der Waals surface area contributed by atoms with Crippen LogP contribution in [-0.2, 0) is 42.9 Å². The van der Waals surface area contributed by atoms with E-state index in [4.69, 9.17) is 23.7 Å². The fourth-order valence-electron chi connectivity index (χ4n) is 8.74. The van der Waals surface area contributed by atoms with Crippen molar-refractivity contribution in [3.05, 3.63) is 85.1 Å². The summed E-state index contributed by atoms with van der Waals surface area (Å²) in [6.07, 6.45) is 55.4. The van der Waals surface area contributed by atoms with Crippen LogP contribution in [0, 0.1) is 0 Å². The van der Waals surface area contributed by atoms with Gasteiger partial charge in [0, 0.05) is 19.3 Å². The summed E-state index contributed by atoms with van der Waals surface area (Å²) < 4.78 is 28.4. The number of aliphatic hydroxyl groups is 2. The maximum atomic E-state index is 13.1. The lowest BCUT2D eigenvalue weighted by Gasteiger charge is -2.40. The molecule has 12 heteroatoms. The molecule has 6 atom stereocenters. The quantitative estimate of drug-likeness (QED) is 0.0228. The molecule has 12 nitrogen and oxygen atoms in total. The molecule has 1 saturated heterocycles. The molecule has 440 valence electrons. The Morgan fingerprint density at radius 3 is 1.29 bits per heavy atom. The summed E-state index contributed by atoms with van der Waals surface area (Å²) in [6, 6.07) is 0. The van der Waals surface area contributed by atoms with Crippen LogP contribution in [-0.4, -0.2) is 89.2 Å². The molecule has 6 unspecified atom stereocenters. The van der Waals surface area contributed by atoms with E-state index in [2.05, 4.69) is 106 Å². The first kappa shape index (κ1) is 70.9. The Bertz CT molecular complexity index is 1660. The van der Waals surface area contributed by atoms with E-state index in [0.717, 1.165) is 141 Å². The highest BCUT2D eigenvalue weighted by molar-refractivity contribution is 5.74. The van der Waals surface area contributed by atoms with Crippen molar-refractivity contribution in [3.63, 3.8) is 0 Å². The number of aliphatic hydroxyl groups excluding tert-OH is 2. The van der Waals surface area contributed by atoms with Crippen LogP contribution in [0.15, 0.2) is 85.1 Å². The number of carboxylic acid groups (broad SMARTS) is 1. The number of carbonyl (C=O) groups is 4. The normalized spacial score (nSPS) is 18.6. The van der Waals surface area contributed by atoms with Crippen molar-refractivity contribution in [2.24, 2.45) is 0 Å². The van der Waals surface area contributed by atoms with Crippen LogP contribution >= 0.6 is 0 Å². The third kappa shape index (κ3) is 42.5. The van der Waals surface area contributed by atoms with Crippen LogP contribution in [0.1, 0.15) is 252 Å². The van der Waals surface area contributed by atoms with Crippen LogP contribution in [0.5, 0.6) is 0 Å². The number of hydrogen-bond acceptors (Lipinski definition) is 11. The fraction of sp³-hybridized carbons (Fsp3) is 0.723. The maximum absolute atomic E-state index is 13.1. The van der Waals surface area contributed by atoms with Crippen LogP contribution < -0.4 is 0 Å². The van der Waals surface area contributed by atoms with Crippen LogP contribution in [0.25, 0.3) is 0 Å². The number of esters is 3. The van der Waals surface area contributed by atoms with Crippen molar-refractivity contribution in [2.45, 2.75) is 289 Å².